The van der Waals surface area contributed by atoms with Gasteiger partial charge in [-0.3, -0.25) is 4.79 Å². The van der Waals surface area contributed by atoms with Crippen molar-refractivity contribution >= 4 is 34.8 Å². The molecule has 0 aliphatic carbocycles. The van der Waals surface area contributed by atoms with E-state index in [1.54, 1.807) is 30.3 Å². The summed E-state index contributed by atoms with van der Waals surface area (Å²) >= 11 is 6.00. The quantitative estimate of drug-likeness (QED) is 0.554. The number of para-hydroxylation sites is 1. The number of amides is 1. The van der Waals surface area contributed by atoms with E-state index >= 15 is 0 Å². The van der Waals surface area contributed by atoms with Crippen LogP contribution in [-0.2, 0) is 0 Å². The zero-order valence-electron chi connectivity index (χ0n) is 16.6. The van der Waals surface area contributed by atoms with Gasteiger partial charge in [0.1, 0.15) is 22.3 Å². The van der Waals surface area contributed by atoms with E-state index in [0.29, 0.717) is 29.5 Å². The summed E-state index contributed by atoms with van der Waals surface area (Å²) in [4.78, 5) is 25.4. The highest BCUT2D eigenvalue weighted by Crippen LogP contribution is 2.37. The summed E-state index contributed by atoms with van der Waals surface area (Å²) in [5.41, 5.74) is 0.629. The van der Waals surface area contributed by atoms with Crippen LogP contribution in [0.15, 0.2) is 42.7 Å². The van der Waals surface area contributed by atoms with Gasteiger partial charge < -0.3 is 24.8 Å². The van der Waals surface area contributed by atoms with Gasteiger partial charge >= 0.3 is 0 Å². The zero-order chi connectivity index (χ0) is 21.5. The second kappa shape index (κ2) is 9.75. The molecule has 0 aliphatic heterocycles. The molecule has 0 fully saturated rings. The molecule has 3 rings (SSSR count). The van der Waals surface area contributed by atoms with Gasteiger partial charge in [0.2, 0.25) is 0 Å². The highest BCUT2D eigenvalue weighted by molar-refractivity contribution is 6.29. The van der Waals surface area contributed by atoms with Crippen molar-refractivity contribution < 1.29 is 19.0 Å². The van der Waals surface area contributed by atoms with Gasteiger partial charge in [-0.1, -0.05) is 17.7 Å². The second-order valence-electron chi connectivity index (χ2n) is 5.79. The Balaban J connectivity index is 1.95. The fourth-order valence-corrected chi connectivity index (χ4v) is 2.77. The Kier molecular flexibility index (Phi) is 6.87. The molecule has 1 amide bonds. The Hall–Kier alpha value is -3.59. The number of hydrogen-bond donors (Lipinski definition) is 2. The summed E-state index contributed by atoms with van der Waals surface area (Å²) < 4.78 is 16.2. The first kappa shape index (κ1) is 21.1. The topological polar surface area (TPSA) is 107 Å². The summed E-state index contributed by atoms with van der Waals surface area (Å²) in [6.07, 6.45) is 2.85. The smallest absolute Gasteiger partial charge is 0.279 e. The number of pyridine rings is 1. The molecule has 2 heterocycles. The molecule has 0 unspecified atom stereocenters. The van der Waals surface area contributed by atoms with Crippen molar-refractivity contribution in [3.63, 3.8) is 0 Å². The van der Waals surface area contributed by atoms with Crippen LogP contribution in [0.5, 0.6) is 17.2 Å². The number of carbonyl (C=O) groups is 1. The Bertz CT molecular complexity index is 1030. The zero-order valence-corrected chi connectivity index (χ0v) is 17.4. The number of hydrogen-bond acceptors (Lipinski definition) is 8. The Labute approximate surface area is 178 Å². The fourth-order valence-electron chi connectivity index (χ4n) is 2.64. The van der Waals surface area contributed by atoms with Crippen LogP contribution in [0.25, 0.3) is 0 Å². The van der Waals surface area contributed by atoms with Gasteiger partial charge in [-0.2, -0.15) is 0 Å². The molecule has 1 aromatic carbocycles. The number of rotatable bonds is 8. The second-order valence-corrected chi connectivity index (χ2v) is 6.18. The van der Waals surface area contributed by atoms with Crippen molar-refractivity contribution in [1.29, 1.82) is 0 Å². The van der Waals surface area contributed by atoms with E-state index in [4.69, 9.17) is 25.8 Å². The molecule has 3 aromatic rings. The van der Waals surface area contributed by atoms with E-state index in [2.05, 4.69) is 25.6 Å². The first-order valence-electron chi connectivity index (χ1n) is 8.97. The minimum Gasteiger partial charge on any atom is -0.494 e. The lowest BCUT2D eigenvalue weighted by Crippen LogP contribution is -2.18. The predicted molar refractivity (Wildman–Crippen MR) is 113 cm³/mol. The van der Waals surface area contributed by atoms with E-state index in [1.807, 2.05) is 6.92 Å². The number of methoxy groups -OCH3 is 2. The minimum absolute atomic E-state index is 0.105. The monoisotopic (exact) mass is 429 g/mol. The fraction of sp³-hybridized carbons (Fsp3) is 0.200. The van der Waals surface area contributed by atoms with E-state index in [1.165, 1.54) is 26.6 Å². The van der Waals surface area contributed by atoms with E-state index < -0.39 is 5.91 Å². The van der Waals surface area contributed by atoms with Crippen molar-refractivity contribution in [1.82, 2.24) is 15.0 Å². The molecule has 2 aromatic heterocycles. The number of carbonyl (C=O) groups excluding carboxylic acids is 1. The van der Waals surface area contributed by atoms with Crippen LogP contribution in [0.4, 0.5) is 17.3 Å². The lowest BCUT2D eigenvalue weighted by molar-refractivity contribution is 0.101. The third-order valence-electron chi connectivity index (χ3n) is 3.93. The maximum atomic E-state index is 12.8. The van der Waals surface area contributed by atoms with Crippen molar-refractivity contribution in [2.45, 2.75) is 6.92 Å². The highest BCUT2D eigenvalue weighted by Gasteiger charge is 2.19. The molecule has 10 heteroatoms. The Morgan fingerprint density at radius 1 is 1.03 bits per heavy atom. The molecule has 0 atom stereocenters. The van der Waals surface area contributed by atoms with Crippen molar-refractivity contribution in [2.24, 2.45) is 0 Å². The first-order chi connectivity index (χ1) is 14.6. The van der Waals surface area contributed by atoms with E-state index in [0.717, 1.165) is 0 Å². The number of nitrogens with zero attached hydrogens (tertiary/aromatic N) is 3. The molecule has 0 saturated heterocycles. The minimum atomic E-state index is -0.523. The molecule has 156 valence electrons. The van der Waals surface area contributed by atoms with Crippen LogP contribution in [0.2, 0.25) is 5.15 Å². The lowest BCUT2D eigenvalue weighted by Gasteiger charge is -2.16. The Morgan fingerprint density at radius 2 is 1.73 bits per heavy atom. The van der Waals surface area contributed by atoms with Crippen LogP contribution in [0.1, 0.15) is 17.4 Å². The molecule has 0 radical (unpaired) electrons. The molecular formula is C20H20ClN5O4. The molecule has 0 bridgehead atoms. The SMILES string of the molecule is CCOc1cccnc1C(=O)Nc1nc(Cl)cnc1Nc1c(OC)cccc1OC. The van der Waals surface area contributed by atoms with Crippen molar-refractivity contribution in [2.75, 3.05) is 31.5 Å². The Morgan fingerprint density at radius 3 is 2.40 bits per heavy atom. The number of halogens is 1. The number of anilines is 3. The summed E-state index contributed by atoms with van der Waals surface area (Å²) in [7, 11) is 3.07. The molecule has 0 saturated carbocycles. The summed E-state index contributed by atoms with van der Waals surface area (Å²) in [6, 6.07) is 8.65. The molecule has 2 N–H and O–H groups in total. The number of ether oxygens (including phenoxy) is 3. The standard InChI is InChI=1S/C20H20ClN5O4/c1-4-30-14-9-6-10-22-17(14)20(27)26-19-18(23-11-15(21)24-19)25-16-12(28-2)7-5-8-13(16)29-3/h5-11H,4H2,1-3H3,(H,23,25)(H,24,26,27). The maximum absolute atomic E-state index is 12.8. The van der Waals surface area contributed by atoms with Gasteiger partial charge in [-0.25, -0.2) is 15.0 Å². The van der Waals surface area contributed by atoms with E-state index in [-0.39, 0.29) is 22.5 Å². The van der Waals surface area contributed by atoms with Crippen LogP contribution in [0.3, 0.4) is 0 Å². The third-order valence-corrected chi connectivity index (χ3v) is 4.11. The third kappa shape index (κ3) is 4.69. The average Bonchev–Trinajstić information content (AvgIpc) is 2.76. The molecule has 0 spiro atoms. The van der Waals surface area contributed by atoms with Gasteiger partial charge in [0.25, 0.3) is 5.91 Å². The first-order valence-corrected chi connectivity index (χ1v) is 9.34. The van der Waals surface area contributed by atoms with Gasteiger partial charge in [-0.05, 0) is 31.2 Å². The maximum Gasteiger partial charge on any atom is 0.279 e. The van der Waals surface area contributed by atoms with Gasteiger partial charge in [0.05, 0.1) is 27.0 Å². The van der Waals surface area contributed by atoms with Gasteiger partial charge in [0, 0.05) is 6.20 Å². The average molecular weight is 430 g/mol. The summed E-state index contributed by atoms with van der Waals surface area (Å²) in [5.74, 6) is 1.22. The predicted octanol–water partition coefficient (Wildman–Crippen LogP) is 3.94. The van der Waals surface area contributed by atoms with Crippen molar-refractivity contribution in [3.8, 4) is 17.2 Å². The highest BCUT2D eigenvalue weighted by atomic mass is 35.5. The van der Waals surface area contributed by atoms with Gasteiger partial charge in [-0.15, -0.1) is 0 Å². The van der Waals surface area contributed by atoms with Crippen LogP contribution >= 0.6 is 11.6 Å². The molecule has 0 aliphatic rings. The number of nitrogens with one attached hydrogen (secondary N) is 2. The van der Waals surface area contributed by atoms with Gasteiger partial charge in [0.15, 0.2) is 23.1 Å². The lowest BCUT2D eigenvalue weighted by atomic mass is 10.2. The largest absolute Gasteiger partial charge is 0.494 e. The van der Waals surface area contributed by atoms with Crippen molar-refractivity contribution in [3.05, 3.63) is 53.6 Å². The molecular weight excluding hydrogens is 410 g/mol. The normalized spacial score (nSPS) is 10.3. The summed E-state index contributed by atoms with van der Waals surface area (Å²) in [5, 5.41) is 5.87. The van der Waals surface area contributed by atoms with E-state index in [9.17, 15) is 4.79 Å². The van der Waals surface area contributed by atoms with Crippen LogP contribution in [0, 0.1) is 0 Å². The summed E-state index contributed by atoms with van der Waals surface area (Å²) in [6.45, 7) is 2.21. The molecule has 30 heavy (non-hydrogen) atoms. The number of benzene rings is 1. The van der Waals surface area contributed by atoms with Crippen LogP contribution in [-0.4, -0.2) is 41.7 Å². The number of aromatic nitrogens is 3. The molecule has 9 nitrogen and oxygen atoms in total. The van der Waals surface area contributed by atoms with Crippen LogP contribution < -0.4 is 24.8 Å².